The van der Waals surface area contributed by atoms with Crippen LogP contribution in [0.5, 0.6) is 0 Å². The van der Waals surface area contributed by atoms with E-state index < -0.39 is 0 Å². The van der Waals surface area contributed by atoms with Crippen LogP contribution in [0.3, 0.4) is 0 Å². The van der Waals surface area contributed by atoms with Gasteiger partial charge in [0.1, 0.15) is 5.69 Å². The number of hydrogen-bond acceptors (Lipinski definition) is 6. The lowest BCUT2D eigenvalue weighted by molar-refractivity contribution is 0.242. The Morgan fingerprint density at radius 3 is 2.65 bits per heavy atom. The van der Waals surface area contributed by atoms with Crippen molar-refractivity contribution in [2.24, 2.45) is 0 Å². The number of benzene rings is 1. The third kappa shape index (κ3) is 3.00. The third-order valence-corrected chi connectivity index (χ3v) is 4.32. The summed E-state index contributed by atoms with van der Waals surface area (Å²) in [6, 6.07) is 7.42. The van der Waals surface area contributed by atoms with Crippen LogP contribution in [0.1, 0.15) is 5.69 Å². The first kappa shape index (κ1) is 14.4. The first-order valence-electron chi connectivity index (χ1n) is 7.58. The minimum Gasteiger partial charge on any atom is -0.356 e. The maximum atomic E-state index is 6.07. The molecule has 1 saturated heterocycles. The predicted molar refractivity (Wildman–Crippen MR) is 88.5 cm³/mol. The van der Waals surface area contributed by atoms with Gasteiger partial charge >= 0.3 is 0 Å². The normalized spacial score (nSPS) is 16.1. The lowest BCUT2D eigenvalue weighted by atomic mass is 10.2. The van der Waals surface area contributed by atoms with Crippen LogP contribution in [-0.2, 0) is 6.54 Å². The molecule has 0 aliphatic carbocycles. The number of aromatic nitrogens is 3. The Bertz CT molecular complexity index is 799. The average Bonchev–Trinajstić information content (AvgIpc) is 2.98. The summed E-state index contributed by atoms with van der Waals surface area (Å²) in [4.78, 5) is 13.2. The molecule has 3 heterocycles. The van der Waals surface area contributed by atoms with Crippen LogP contribution in [0, 0.1) is 0 Å². The minimum atomic E-state index is 0.702. The summed E-state index contributed by atoms with van der Waals surface area (Å²) < 4.78 is 5.37. The number of halogens is 1. The van der Waals surface area contributed by atoms with Gasteiger partial charge in [0.2, 0.25) is 5.95 Å². The second kappa shape index (κ2) is 6.14. The van der Waals surface area contributed by atoms with Crippen molar-refractivity contribution in [1.29, 1.82) is 0 Å². The van der Waals surface area contributed by atoms with Crippen molar-refractivity contribution < 1.29 is 4.52 Å². The molecule has 0 atom stereocenters. The lowest BCUT2D eigenvalue weighted by Gasteiger charge is -2.34. The van der Waals surface area contributed by atoms with E-state index in [9.17, 15) is 0 Å². The highest BCUT2D eigenvalue weighted by molar-refractivity contribution is 6.31. The van der Waals surface area contributed by atoms with E-state index in [1.165, 1.54) is 0 Å². The number of nitrogens with zero attached hydrogens (tertiary/aromatic N) is 5. The summed E-state index contributed by atoms with van der Waals surface area (Å²) in [6.07, 6.45) is 3.56. The summed E-state index contributed by atoms with van der Waals surface area (Å²) in [5.74, 6) is 0.797. The summed E-state index contributed by atoms with van der Waals surface area (Å²) in [5.41, 5.74) is 1.72. The monoisotopic (exact) mass is 329 g/mol. The molecule has 0 spiro atoms. The number of rotatable bonds is 3. The molecule has 0 amide bonds. The SMILES string of the molecule is Clc1ccc2onc(CN3CCN(c4ncccn4)CC3)c2c1. The molecule has 0 saturated carbocycles. The fourth-order valence-electron chi connectivity index (χ4n) is 2.85. The standard InChI is InChI=1S/C16H16ClN5O/c17-12-2-3-15-13(10-12)14(20-23-15)11-21-6-8-22(9-7-21)16-18-4-1-5-19-16/h1-5,10H,6-9,11H2. The molecule has 118 valence electrons. The Labute approximate surface area is 138 Å². The van der Waals surface area contributed by atoms with Crippen LogP contribution in [0.25, 0.3) is 11.0 Å². The fraction of sp³-hybridized carbons (Fsp3) is 0.312. The molecular weight excluding hydrogens is 314 g/mol. The molecule has 4 rings (SSSR count). The van der Waals surface area contributed by atoms with E-state index in [2.05, 4.69) is 24.9 Å². The summed E-state index contributed by atoms with van der Waals surface area (Å²) in [7, 11) is 0. The second-order valence-electron chi connectivity index (χ2n) is 5.58. The Balaban J connectivity index is 1.44. The highest BCUT2D eigenvalue weighted by Gasteiger charge is 2.20. The molecule has 3 aromatic rings. The van der Waals surface area contributed by atoms with Crippen molar-refractivity contribution in [3.8, 4) is 0 Å². The Morgan fingerprint density at radius 2 is 1.87 bits per heavy atom. The van der Waals surface area contributed by atoms with Crippen LogP contribution in [0.2, 0.25) is 5.02 Å². The smallest absolute Gasteiger partial charge is 0.225 e. The Morgan fingerprint density at radius 1 is 1.09 bits per heavy atom. The van der Waals surface area contributed by atoms with Gasteiger partial charge in [-0.1, -0.05) is 16.8 Å². The van der Waals surface area contributed by atoms with Crippen LogP contribution in [0.4, 0.5) is 5.95 Å². The van der Waals surface area contributed by atoms with E-state index in [1.807, 2.05) is 24.3 Å². The van der Waals surface area contributed by atoms with Gasteiger partial charge < -0.3 is 9.42 Å². The van der Waals surface area contributed by atoms with E-state index in [0.29, 0.717) is 5.02 Å². The molecule has 1 aromatic carbocycles. The van der Waals surface area contributed by atoms with Crippen molar-refractivity contribution in [2.75, 3.05) is 31.1 Å². The van der Waals surface area contributed by atoms with Gasteiger partial charge in [-0.25, -0.2) is 9.97 Å². The van der Waals surface area contributed by atoms with Crippen LogP contribution in [-0.4, -0.2) is 46.2 Å². The maximum absolute atomic E-state index is 6.07. The van der Waals surface area contributed by atoms with Crippen LogP contribution in [0.15, 0.2) is 41.2 Å². The Hall–Kier alpha value is -2.18. The van der Waals surface area contributed by atoms with Crippen molar-refractivity contribution in [3.63, 3.8) is 0 Å². The van der Waals surface area contributed by atoms with Crippen molar-refractivity contribution in [1.82, 2.24) is 20.0 Å². The lowest BCUT2D eigenvalue weighted by Crippen LogP contribution is -2.46. The van der Waals surface area contributed by atoms with Crippen molar-refractivity contribution in [3.05, 3.63) is 47.4 Å². The van der Waals surface area contributed by atoms with Gasteiger partial charge in [0.25, 0.3) is 0 Å². The van der Waals surface area contributed by atoms with Gasteiger partial charge in [0.05, 0.1) is 0 Å². The summed E-state index contributed by atoms with van der Waals surface area (Å²) in [5, 5.41) is 5.89. The summed E-state index contributed by atoms with van der Waals surface area (Å²) >= 11 is 6.07. The number of fused-ring (bicyclic) bond motifs is 1. The molecule has 0 unspecified atom stereocenters. The number of piperazine rings is 1. The zero-order chi connectivity index (χ0) is 15.6. The molecule has 0 bridgehead atoms. The first-order chi connectivity index (χ1) is 11.3. The molecule has 0 N–H and O–H groups in total. The van der Waals surface area contributed by atoms with Gasteiger partial charge in [0, 0.05) is 55.5 Å². The molecule has 23 heavy (non-hydrogen) atoms. The van der Waals surface area contributed by atoms with Crippen molar-refractivity contribution >= 4 is 28.5 Å². The van der Waals surface area contributed by atoms with E-state index in [-0.39, 0.29) is 0 Å². The molecule has 1 aliphatic rings. The largest absolute Gasteiger partial charge is 0.356 e. The molecule has 0 radical (unpaired) electrons. The van der Waals surface area contributed by atoms with Gasteiger partial charge in [0.15, 0.2) is 5.58 Å². The molecule has 7 heteroatoms. The molecule has 1 fully saturated rings. The highest BCUT2D eigenvalue weighted by Crippen LogP contribution is 2.24. The van der Waals surface area contributed by atoms with Gasteiger partial charge in [-0.05, 0) is 24.3 Å². The predicted octanol–water partition coefficient (Wildman–Crippen LogP) is 2.59. The molecule has 6 nitrogen and oxygen atoms in total. The van der Waals surface area contributed by atoms with Gasteiger partial charge in [-0.2, -0.15) is 0 Å². The summed E-state index contributed by atoms with van der Waals surface area (Å²) in [6.45, 7) is 4.44. The zero-order valence-corrected chi connectivity index (χ0v) is 13.3. The molecule has 2 aromatic heterocycles. The topological polar surface area (TPSA) is 58.3 Å². The van der Waals surface area contributed by atoms with E-state index >= 15 is 0 Å². The molecule has 1 aliphatic heterocycles. The van der Waals surface area contributed by atoms with Crippen LogP contribution >= 0.6 is 11.6 Å². The quantitative estimate of drug-likeness (QED) is 0.736. The number of hydrogen-bond donors (Lipinski definition) is 0. The number of anilines is 1. The second-order valence-corrected chi connectivity index (χ2v) is 6.02. The van der Waals surface area contributed by atoms with E-state index in [4.69, 9.17) is 16.1 Å². The highest BCUT2D eigenvalue weighted by atomic mass is 35.5. The minimum absolute atomic E-state index is 0.702. The fourth-order valence-corrected chi connectivity index (χ4v) is 3.02. The van der Waals surface area contributed by atoms with Crippen LogP contribution < -0.4 is 4.90 Å². The Kier molecular flexibility index (Phi) is 3.85. The molecular formula is C16H16ClN5O. The van der Waals surface area contributed by atoms with E-state index in [0.717, 1.165) is 55.3 Å². The van der Waals surface area contributed by atoms with Crippen molar-refractivity contribution in [2.45, 2.75) is 6.54 Å². The van der Waals surface area contributed by atoms with E-state index in [1.54, 1.807) is 12.4 Å². The maximum Gasteiger partial charge on any atom is 0.225 e. The van der Waals surface area contributed by atoms with Gasteiger partial charge in [-0.3, -0.25) is 4.90 Å². The van der Waals surface area contributed by atoms with Gasteiger partial charge in [-0.15, -0.1) is 0 Å². The average molecular weight is 330 g/mol. The third-order valence-electron chi connectivity index (χ3n) is 4.09. The first-order valence-corrected chi connectivity index (χ1v) is 7.95. The zero-order valence-electron chi connectivity index (χ0n) is 12.5.